The lowest BCUT2D eigenvalue weighted by molar-refractivity contribution is 0.0594. The van der Waals surface area contributed by atoms with Crippen LogP contribution in [-0.4, -0.2) is 27.7 Å². The van der Waals surface area contributed by atoms with Gasteiger partial charge in [-0.2, -0.15) is 5.10 Å². The number of carbonyl (C=O) groups excluding carboxylic acids is 1. The fourth-order valence-corrected chi connectivity index (χ4v) is 1.77. The summed E-state index contributed by atoms with van der Waals surface area (Å²) in [4.78, 5) is 15.5. The zero-order chi connectivity index (χ0) is 11.0. The Balaban J connectivity index is 2.70. The highest BCUT2D eigenvalue weighted by Gasteiger charge is 2.12. The molecule has 0 N–H and O–H groups in total. The lowest BCUT2D eigenvalue weighted by atomic mass is 10.3. The molecule has 0 radical (unpaired) electrons. The molecule has 0 aliphatic heterocycles. The van der Waals surface area contributed by atoms with Crippen LogP contribution in [0.4, 0.5) is 0 Å². The second kappa shape index (κ2) is 3.76. The van der Waals surface area contributed by atoms with Crippen molar-refractivity contribution in [3.05, 3.63) is 27.2 Å². The molecule has 0 fully saturated rings. The Morgan fingerprint density at radius 1 is 1.60 bits per heavy atom. The summed E-state index contributed by atoms with van der Waals surface area (Å²) in [6.07, 6.45) is 1.71. The predicted octanol–water partition coefficient (Wildman–Crippen LogP) is 1.43. The topological polar surface area (TPSA) is 56.5 Å². The van der Waals surface area contributed by atoms with Gasteiger partial charge < -0.3 is 4.74 Å². The van der Waals surface area contributed by atoms with Crippen LogP contribution in [0.1, 0.15) is 16.2 Å². The van der Waals surface area contributed by atoms with Crippen LogP contribution in [0, 0.1) is 10.5 Å². The minimum Gasteiger partial charge on any atom is -0.464 e. The Morgan fingerprint density at radius 3 is 3.00 bits per heavy atom. The number of nitrogens with zero attached hydrogens (tertiary/aromatic N) is 3. The lowest BCUT2D eigenvalue weighted by Crippen LogP contribution is -2.08. The Morgan fingerprint density at radius 2 is 2.33 bits per heavy atom. The van der Waals surface area contributed by atoms with Crippen molar-refractivity contribution >= 4 is 34.2 Å². The van der Waals surface area contributed by atoms with E-state index in [4.69, 9.17) is 0 Å². The van der Waals surface area contributed by atoms with Crippen molar-refractivity contribution in [1.82, 2.24) is 14.6 Å². The van der Waals surface area contributed by atoms with Crippen LogP contribution >= 0.6 is 22.6 Å². The molecule has 0 aromatic carbocycles. The van der Waals surface area contributed by atoms with Crippen molar-refractivity contribution in [3.63, 3.8) is 0 Å². The van der Waals surface area contributed by atoms with Gasteiger partial charge in [0.05, 0.1) is 16.9 Å². The van der Waals surface area contributed by atoms with Crippen molar-refractivity contribution in [2.45, 2.75) is 6.92 Å². The number of esters is 1. The van der Waals surface area contributed by atoms with Gasteiger partial charge in [-0.3, -0.25) is 0 Å². The van der Waals surface area contributed by atoms with Crippen LogP contribution in [0.2, 0.25) is 0 Å². The van der Waals surface area contributed by atoms with E-state index in [1.165, 1.54) is 7.11 Å². The molecule has 0 bridgehead atoms. The van der Waals surface area contributed by atoms with Crippen molar-refractivity contribution in [3.8, 4) is 0 Å². The molecule has 0 saturated heterocycles. The maximum atomic E-state index is 11.3. The zero-order valence-corrected chi connectivity index (χ0v) is 10.3. The summed E-state index contributed by atoms with van der Waals surface area (Å²) >= 11 is 2.12. The largest absolute Gasteiger partial charge is 0.464 e. The summed E-state index contributed by atoms with van der Waals surface area (Å²) < 4.78 is 7.22. The van der Waals surface area contributed by atoms with Gasteiger partial charge in [0.1, 0.15) is 0 Å². The smallest absolute Gasteiger partial charge is 0.356 e. The van der Waals surface area contributed by atoms with E-state index in [-0.39, 0.29) is 0 Å². The predicted molar refractivity (Wildman–Crippen MR) is 61.8 cm³/mol. The monoisotopic (exact) mass is 317 g/mol. The number of halogens is 1. The Kier molecular flexibility index (Phi) is 2.59. The van der Waals surface area contributed by atoms with Crippen molar-refractivity contribution in [1.29, 1.82) is 0 Å². The first-order valence-electron chi connectivity index (χ1n) is 4.22. The second-order valence-corrected chi connectivity index (χ2v) is 4.16. The molecule has 2 aromatic rings. The first-order valence-corrected chi connectivity index (χ1v) is 5.30. The molecule has 78 valence electrons. The third kappa shape index (κ3) is 1.69. The highest BCUT2D eigenvalue weighted by molar-refractivity contribution is 14.1. The number of methoxy groups -OCH3 is 1. The second-order valence-electron chi connectivity index (χ2n) is 3.00. The van der Waals surface area contributed by atoms with Crippen LogP contribution in [0.5, 0.6) is 0 Å². The van der Waals surface area contributed by atoms with Crippen LogP contribution < -0.4 is 0 Å². The molecule has 0 aliphatic carbocycles. The molecule has 2 heterocycles. The standard InChI is InChI=1S/C9H8IN3O2/c1-5-3-7(9(14)15-2)12-8-6(10)4-11-13(5)8/h3-4H,1-2H3. The highest BCUT2D eigenvalue weighted by atomic mass is 127. The summed E-state index contributed by atoms with van der Waals surface area (Å²) in [7, 11) is 1.34. The Bertz CT molecular complexity index is 535. The molecular formula is C9H8IN3O2. The van der Waals surface area contributed by atoms with E-state index in [0.29, 0.717) is 11.3 Å². The van der Waals surface area contributed by atoms with Crippen LogP contribution in [0.15, 0.2) is 12.3 Å². The quantitative estimate of drug-likeness (QED) is 0.590. The van der Waals surface area contributed by atoms with E-state index in [2.05, 4.69) is 37.4 Å². The van der Waals surface area contributed by atoms with Crippen molar-refractivity contribution < 1.29 is 9.53 Å². The van der Waals surface area contributed by atoms with Gasteiger partial charge >= 0.3 is 5.97 Å². The SMILES string of the molecule is COC(=O)c1cc(C)n2ncc(I)c2n1. The molecule has 2 aromatic heterocycles. The molecule has 5 nitrogen and oxygen atoms in total. The van der Waals surface area contributed by atoms with E-state index in [1.54, 1.807) is 16.8 Å². The van der Waals surface area contributed by atoms with Gasteiger partial charge in [0.25, 0.3) is 0 Å². The summed E-state index contributed by atoms with van der Waals surface area (Å²) in [6.45, 7) is 1.87. The normalized spacial score (nSPS) is 10.6. The van der Waals surface area contributed by atoms with Crippen molar-refractivity contribution in [2.24, 2.45) is 0 Å². The number of aromatic nitrogens is 3. The van der Waals surface area contributed by atoms with Crippen LogP contribution in [-0.2, 0) is 4.74 Å². The van der Waals surface area contributed by atoms with Crippen LogP contribution in [0.25, 0.3) is 5.65 Å². The first-order chi connectivity index (χ1) is 7.13. The molecular weight excluding hydrogens is 309 g/mol. The van der Waals surface area contributed by atoms with E-state index in [0.717, 1.165) is 9.26 Å². The molecule has 0 spiro atoms. The zero-order valence-electron chi connectivity index (χ0n) is 8.19. The van der Waals surface area contributed by atoms with Gasteiger partial charge in [0.15, 0.2) is 11.3 Å². The summed E-state index contributed by atoms with van der Waals surface area (Å²) in [6, 6.07) is 1.65. The van der Waals surface area contributed by atoms with E-state index >= 15 is 0 Å². The van der Waals surface area contributed by atoms with E-state index in [9.17, 15) is 4.79 Å². The number of carbonyl (C=O) groups is 1. The molecule has 0 unspecified atom stereocenters. The fraction of sp³-hybridized carbons (Fsp3) is 0.222. The van der Waals surface area contributed by atoms with E-state index in [1.807, 2.05) is 6.92 Å². The molecule has 15 heavy (non-hydrogen) atoms. The summed E-state index contributed by atoms with van der Waals surface area (Å²) in [5.41, 5.74) is 1.83. The molecule has 0 saturated carbocycles. The van der Waals surface area contributed by atoms with Crippen molar-refractivity contribution in [2.75, 3.05) is 7.11 Å². The van der Waals surface area contributed by atoms with E-state index < -0.39 is 5.97 Å². The number of hydrogen-bond donors (Lipinski definition) is 0. The summed E-state index contributed by atoms with van der Waals surface area (Å²) in [5, 5.41) is 4.14. The molecule has 6 heteroatoms. The maximum Gasteiger partial charge on any atom is 0.356 e. The average molecular weight is 317 g/mol. The maximum absolute atomic E-state index is 11.3. The molecule has 0 amide bonds. The Labute approximate surface area is 99.6 Å². The van der Waals surface area contributed by atoms with Gasteiger partial charge in [-0.15, -0.1) is 0 Å². The van der Waals surface area contributed by atoms with Gasteiger partial charge in [0, 0.05) is 5.69 Å². The fourth-order valence-electron chi connectivity index (χ4n) is 1.30. The molecule has 0 atom stereocenters. The third-order valence-electron chi connectivity index (χ3n) is 2.00. The minimum absolute atomic E-state index is 0.306. The first kappa shape index (κ1) is 10.3. The molecule has 2 rings (SSSR count). The minimum atomic E-state index is -0.433. The van der Waals surface area contributed by atoms with Gasteiger partial charge in [0.2, 0.25) is 0 Å². The summed E-state index contributed by atoms with van der Waals surface area (Å²) in [5.74, 6) is -0.433. The van der Waals surface area contributed by atoms with Gasteiger partial charge in [-0.25, -0.2) is 14.3 Å². The lowest BCUT2D eigenvalue weighted by Gasteiger charge is -2.02. The van der Waals surface area contributed by atoms with Crippen LogP contribution in [0.3, 0.4) is 0 Å². The van der Waals surface area contributed by atoms with Gasteiger partial charge in [-0.1, -0.05) is 0 Å². The third-order valence-corrected chi connectivity index (χ3v) is 2.76. The highest BCUT2D eigenvalue weighted by Crippen LogP contribution is 2.14. The van der Waals surface area contributed by atoms with Gasteiger partial charge in [-0.05, 0) is 35.6 Å². The average Bonchev–Trinajstić information content (AvgIpc) is 2.60. The number of aryl methyl sites for hydroxylation is 1. The number of ether oxygens (including phenoxy) is 1. The Hall–Kier alpha value is -1.18. The molecule has 0 aliphatic rings. The number of hydrogen-bond acceptors (Lipinski definition) is 4. The number of fused-ring (bicyclic) bond motifs is 1. The number of rotatable bonds is 1.